The normalized spacial score (nSPS) is 26.1. The van der Waals surface area contributed by atoms with Crippen molar-refractivity contribution in [1.29, 1.82) is 0 Å². The zero-order chi connectivity index (χ0) is 12.4. The van der Waals surface area contributed by atoms with Gasteiger partial charge in [-0.1, -0.05) is 36.5 Å². The van der Waals surface area contributed by atoms with Crippen molar-refractivity contribution in [3.05, 3.63) is 33.8 Å². The van der Waals surface area contributed by atoms with E-state index in [0.717, 1.165) is 16.5 Å². The quantitative estimate of drug-likeness (QED) is 0.646. The van der Waals surface area contributed by atoms with Crippen LogP contribution in [0.25, 0.3) is 0 Å². The van der Waals surface area contributed by atoms with Gasteiger partial charge in [-0.3, -0.25) is 11.3 Å². The number of nitrogens with two attached hydrogens (primary N) is 1. The highest BCUT2D eigenvalue weighted by Crippen LogP contribution is 2.40. The molecule has 3 atom stereocenters. The van der Waals surface area contributed by atoms with Crippen LogP contribution in [-0.2, 0) is 0 Å². The molecule has 1 aromatic rings. The number of hydrogen-bond donors (Lipinski definition) is 2. The summed E-state index contributed by atoms with van der Waals surface area (Å²) in [5.74, 6) is 7.02. The van der Waals surface area contributed by atoms with Gasteiger partial charge in [-0.2, -0.15) is 0 Å². The van der Waals surface area contributed by atoms with Crippen LogP contribution in [0.3, 0.4) is 0 Å². The first kappa shape index (κ1) is 13.2. The van der Waals surface area contributed by atoms with Gasteiger partial charge in [0.05, 0.1) is 6.04 Å². The summed E-state index contributed by atoms with van der Waals surface area (Å²) in [5, 5.41) is 1.44. The van der Waals surface area contributed by atoms with E-state index in [1.165, 1.54) is 19.3 Å². The Morgan fingerprint density at radius 1 is 1.35 bits per heavy atom. The van der Waals surface area contributed by atoms with Crippen LogP contribution in [0.4, 0.5) is 0 Å². The van der Waals surface area contributed by atoms with Crippen molar-refractivity contribution < 1.29 is 0 Å². The van der Waals surface area contributed by atoms with Gasteiger partial charge in [-0.25, -0.2) is 0 Å². The Morgan fingerprint density at radius 2 is 2.12 bits per heavy atom. The molecule has 0 heterocycles. The first-order chi connectivity index (χ1) is 8.11. The smallest absolute Gasteiger partial charge is 0.0503 e. The third kappa shape index (κ3) is 2.94. The van der Waals surface area contributed by atoms with Gasteiger partial charge in [0.25, 0.3) is 0 Å². The molecule has 4 heteroatoms. The molecule has 0 aliphatic heterocycles. The van der Waals surface area contributed by atoms with Gasteiger partial charge in [-0.05, 0) is 48.4 Å². The fraction of sp³-hybridized carbons (Fsp3) is 0.538. The summed E-state index contributed by atoms with van der Waals surface area (Å²) in [6, 6.07) is 5.66. The highest BCUT2D eigenvalue weighted by Gasteiger charge is 2.30. The lowest BCUT2D eigenvalue weighted by Crippen LogP contribution is -2.33. The highest BCUT2D eigenvalue weighted by atomic mass is 35.5. The van der Waals surface area contributed by atoms with E-state index in [1.807, 2.05) is 12.1 Å². The lowest BCUT2D eigenvalue weighted by Gasteiger charge is -2.24. The molecule has 1 aliphatic carbocycles. The lowest BCUT2D eigenvalue weighted by atomic mass is 9.91. The molecule has 0 amide bonds. The Balaban J connectivity index is 2.25. The van der Waals surface area contributed by atoms with Gasteiger partial charge in [0.15, 0.2) is 0 Å². The number of nitrogens with one attached hydrogen (secondary N) is 1. The van der Waals surface area contributed by atoms with Gasteiger partial charge >= 0.3 is 0 Å². The molecule has 3 unspecified atom stereocenters. The summed E-state index contributed by atoms with van der Waals surface area (Å²) >= 11 is 12.3. The molecular weight excluding hydrogens is 255 g/mol. The molecule has 0 aromatic heterocycles. The maximum atomic E-state index is 6.23. The number of hydrogen-bond acceptors (Lipinski definition) is 2. The molecule has 0 saturated heterocycles. The molecule has 1 saturated carbocycles. The summed E-state index contributed by atoms with van der Waals surface area (Å²) in [5.41, 5.74) is 3.92. The van der Waals surface area contributed by atoms with Gasteiger partial charge in [0.2, 0.25) is 0 Å². The molecule has 2 rings (SSSR count). The van der Waals surface area contributed by atoms with E-state index in [1.54, 1.807) is 6.07 Å². The van der Waals surface area contributed by atoms with E-state index < -0.39 is 0 Å². The first-order valence-electron chi connectivity index (χ1n) is 6.03. The standard InChI is InChI=1S/C13H18Cl2N2/c1-8-2-3-9(6-8)13(17-16)11-7-10(14)4-5-12(11)15/h4-5,7-9,13,17H,2-3,6,16H2,1H3. The second-order valence-corrected chi connectivity index (χ2v) is 5.83. The number of benzene rings is 1. The SMILES string of the molecule is CC1CCC(C(NN)c2cc(Cl)ccc2Cl)C1. The number of hydrazine groups is 1. The van der Waals surface area contributed by atoms with E-state index in [4.69, 9.17) is 29.0 Å². The second kappa shape index (κ2) is 5.57. The van der Waals surface area contributed by atoms with Crippen LogP contribution in [0.2, 0.25) is 10.0 Å². The van der Waals surface area contributed by atoms with Crippen LogP contribution in [0.15, 0.2) is 18.2 Å². The zero-order valence-electron chi connectivity index (χ0n) is 9.92. The monoisotopic (exact) mass is 272 g/mol. The van der Waals surface area contributed by atoms with Crippen molar-refractivity contribution in [2.24, 2.45) is 17.7 Å². The molecule has 1 aromatic carbocycles. The minimum atomic E-state index is 0.103. The van der Waals surface area contributed by atoms with Gasteiger partial charge in [0, 0.05) is 10.0 Å². The van der Waals surface area contributed by atoms with Crippen LogP contribution < -0.4 is 11.3 Å². The molecule has 1 fully saturated rings. The summed E-state index contributed by atoms with van der Waals surface area (Å²) in [6.45, 7) is 2.28. The summed E-state index contributed by atoms with van der Waals surface area (Å²) in [6.07, 6.45) is 3.65. The third-order valence-corrected chi connectivity index (χ3v) is 4.26. The molecular formula is C13H18Cl2N2. The average molecular weight is 273 g/mol. The molecule has 0 spiro atoms. The predicted molar refractivity (Wildman–Crippen MR) is 73.0 cm³/mol. The van der Waals surface area contributed by atoms with E-state index in [9.17, 15) is 0 Å². The molecule has 94 valence electrons. The Bertz CT molecular complexity index is 395. The Morgan fingerprint density at radius 3 is 2.71 bits per heavy atom. The maximum absolute atomic E-state index is 6.23. The maximum Gasteiger partial charge on any atom is 0.0503 e. The van der Waals surface area contributed by atoms with E-state index >= 15 is 0 Å². The largest absolute Gasteiger partial charge is 0.271 e. The van der Waals surface area contributed by atoms with Crippen LogP contribution in [-0.4, -0.2) is 0 Å². The van der Waals surface area contributed by atoms with Crippen molar-refractivity contribution in [1.82, 2.24) is 5.43 Å². The fourth-order valence-corrected chi connectivity index (χ4v) is 3.20. The lowest BCUT2D eigenvalue weighted by molar-refractivity contribution is 0.364. The minimum Gasteiger partial charge on any atom is -0.271 e. The van der Waals surface area contributed by atoms with Crippen molar-refractivity contribution >= 4 is 23.2 Å². The molecule has 3 N–H and O–H groups in total. The fourth-order valence-electron chi connectivity index (χ4n) is 2.79. The molecule has 2 nitrogen and oxygen atoms in total. The number of rotatable bonds is 3. The summed E-state index contributed by atoms with van der Waals surface area (Å²) < 4.78 is 0. The van der Waals surface area contributed by atoms with Crippen molar-refractivity contribution in [3.63, 3.8) is 0 Å². The minimum absolute atomic E-state index is 0.103. The Kier molecular flexibility index (Phi) is 4.31. The van der Waals surface area contributed by atoms with Crippen LogP contribution in [0, 0.1) is 11.8 Å². The summed E-state index contributed by atoms with van der Waals surface area (Å²) in [4.78, 5) is 0. The van der Waals surface area contributed by atoms with Crippen LogP contribution in [0.1, 0.15) is 37.8 Å². The van der Waals surface area contributed by atoms with E-state index in [2.05, 4.69) is 12.3 Å². The van der Waals surface area contributed by atoms with Crippen LogP contribution in [0.5, 0.6) is 0 Å². The average Bonchev–Trinajstić information content (AvgIpc) is 2.71. The second-order valence-electron chi connectivity index (χ2n) is 4.99. The topological polar surface area (TPSA) is 38.0 Å². The van der Waals surface area contributed by atoms with Crippen molar-refractivity contribution in [3.8, 4) is 0 Å². The molecule has 1 aliphatic rings. The molecule has 0 bridgehead atoms. The van der Waals surface area contributed by atoms with Gasteiger partial charge < -0.3 is 0 Å². The Hall–Kier alpha value is -0.280. The summed E-state index contributed by atoms with van der Waals surface area (Å²) in [7, 11) is 0. The van der Waals surface area contributed by atoms with E-state index in [0.29, 0.717) is 10.9 Å². The third-order valence-electron chi connectivity index (χ3n) is 3.68. The number of halogens is 2. The van der Waals surface area contributed by atoms with E-state index in [-0.39, 0.29) is 6.04 Å². The van der Waals surface area contributed by atoms with Crippen molar-refractivity contribution in [2.75, 3.05) is 0 Å². The van der Waals surface area contributed by atoms with Gasteiger partial charge in [-0.15, -0.1) is 0 Å². The Labute approximate surface area is 112 Å². The van der Waals surface area contributed by atoms with Gasteiger partial charge in [0.1, 0.15) is 0 Å². The predicted octanol–water partition coefficient (Wildman–Crippen LogP) is 3.93. The first-order valence-corrected chi connectivity index (χ1v) is 6.78. The van der Waals surface area contributed by atoms with Crippen molar-refractivity contribution in [2.45, 2.75) is 32.2 Å². The highest BCUT2D eigenvalue weighted by molar-refractivity contribution is 6.33. The zero-order valence-corrected chi connectivity index (χ0v) is 11.4. The molecule has 17 heavy (non-hydrogen) atoms. The molecule has 0 radical (unpaired) electrons. The van der Waals surface area contributed by atoms with Crippen LogP contribution >= 0.6 is 23.2 Å².